The molecule has 1 aliphatic heterocycles. The summed E-state index contributed by atoms with van der Waals surface area (Å²) in [7, 11) is 1.46. The van der Waals surface area contributed by atoms with Crippen LogP contribution in [0.5, 0.6) is 0 Å². The summed E-state index contributed by atoms with van der Waals surface area (Å²) in [5.41, 5.74) is 1.03. The van der Waals surface area contributed by atoms with Crippen LogP contribution < -0.4 is 5.32 Å². The zero-order valence-corrected chi connectivity index (χ0v) is 11.6. The second-order valence-corrected chi connectivity index (χ2v) is 5.03. The van der Waals surface area contributed by atoms with Crippen LogP contribution in [0.15, 0.2) is 30.3 Å². The number of hydrogen-bond acceptors (Lipinski definition) is 4. The third-order valence-electron chi connectivity index (χ3n) is 3.74. The Bertz CT molecular complexity index is 408. The molecule has 1 aromatic rings. The second-order valence-electron chi connectivity index (χ2n) is 5.03. The summed E-state index contributed by atoms with van der Waals surface area (Å²) in [6, 6.07) is 10.3. The van der Waals surface area contributed by atoms with E-state index in [9.17, 15) is 4.79 Å². The number of rotatable bonds is 4. The summed E-state index contributed by atoms with van der Waals surface area (Å²) in [6.07, 6.45) is 0. The van der Waals surface area contributed by atoms with Gasteiger partial charge in [0.1, 0.15) is 0 Å². The highest BCUT2D eigenvalue weighted by molar-refractivity contribution is 5.78. The molecule has 0 aromatic heterocycles. The van der Waals surface area contributed by atoms with E-state index >= 15 is 0 Å². The summed E-state index contributed by atoms with van der Waals surface area (Å²) in [4.78, 5) is 14.4. The molecule has 1 aromatic carbocycles. The van der Waals surface area contributed by atoms with Gasteiger partial charge in [-0.15, -0.1) is 0 Å². The molecule has 4 nitrogen and oxygen atoms in total. The molecular weight excluding hydrogens is 240 g/mol. The summed E-state index contributed by atoms with van der Waals surface area (Å²) in [5, 5.41) is 3.36. The molecule has 1 heterocycles. The average Bonchev–Trinajstić information content (AvgIpc) is 2.46. The van der Waals surface area contributed by atoms with Crippen LogP contribution >= 0.6 is 0 Å². The number of methoxy groups -OCH3 is 1. The van der Waals surface area contributed by atoms with Crippen LogP contribution in [0.25, 0.3) is 0 Å². The molecule has 1 fully saturated rings. The van der Waals surface area contributed by atoms with Gasteiger partial charge < -0.3 is 10.1 Å². The van der Waals surface area contributed by atoms with Gasteiger partial charge in [0.15, 0.2) is 0 Å². The van der Waals surface area contributed by atoms with Crippen LogP contribution in [0.4, 0.5) is 0 Å². The quantitative estimate of drug-likeness (QED) is 0.829. The number of carbonyl (C=O) groups excluding carboxylic acids is 1. The molecule has 0 spiro atoms. The van der Waals surface area contributed by atoms with E-state index in [2.05, 4.69) is 17.1 Å². The average molecular weight is 262 g/mol. The summed E-state index contributed by atoms with van der Waals surface area (Å²) in [5.74, 6) is -0.358. The highest BCUT2D eigenvalue weighted by Gasteiger charge is 2.27. The van der Waals surface area contributed by atoms with E-state index in [0.29, 0.717) is 6.04 Å². The van der Waals surface area contributed by atoms with Crippen molar-refractivity contribution >= 4 is 5.97 Å². The molecular formula is C15H22N2O2. The highest BCUT2D eigenvalue weighted by Crippen LogP contribution is 2.20. The molecule has 0 bridgehead atoms. The van der Waals surface area contributed by atoms with E-state index in [-0.39, 0.29) is 11.9 Å². The smallest absolute Gasteiger partial charge is 0.314 e. The van der Waals surface area contributed by atoms with Crippen molar-refractivity contribution in [1.29, 1.82) is 0 Å². The monoisotopic (exact) mass is 262 g/mol. The van der Waals surface area contributed by atoms with Gasteiger partial charge in [-0.1, -0.05) is 30.3 Å². The lowest BCUT2D eigenvalue weighted by Gasteiger charge is -2.35. The maximum Gasteiger partial charge on any atom is 0.314 e. The van der Waals surface area contributed by atoms with Gasteiger partial charge in [0.2, 0.25) is 0 Å². The number of esters is 1. The summed E-state index contributed by atoms with van der Waals surface area (Å²) >= 11 is 0. The Morgan fingerprint density at radius 1 is 1.47 bits per heavy atom. The van der Waals surface area contributed by atoms with Gasteiger partial charge in [-0.2, -0.15) is 0 Å². The van der Waals surface area contributed by atoms with Crippen LogP contribution in [-0.4, -0.2) is 50.2 Å². The van der Waals surface area contributed by atoms with Crippen molar-refractivity contribution in [3.8, 4) is 0 Å². The van der Waals surface area contributed by atoms with E-state index in [0.717, 1.165) is 31.7 Å². The first-order chi connectivity index (χ1) is 9.22. The lowest BCUT2D eigenvalue weighted by atomic mass is 9.97. The molecule has 1 unspecified atom stereocenters. The SMILES string of the molecule is COC(=O)C(CN1CCNC[C@@H]1C)c1ccccc1. The van der Waals surface area contributed by atoms with Crippen LogP contribution in [0.1, 0.15) is 18.4 Å². The molecule has 0 radical (unpaired) electrons. The highest BCUT2D eigenvalue weighted by atomic mass is 16.5. The van der Waals surface area contributed by atoms with E-state index in [1.807, 2.05) is 30.3 Å². The number of carbonyl (C=O) groups is 1. The third-order valence-corrected chi connectivity index (χ3v) is 3.74. The van der Waals surface area contributed by atoms with Crippen LogP contribution in [0.3, 0.4) is 0 Å². The number of ether oxygens (including phenoxy) is 1. The zero-order valence-electron chi connectivity index (χ0n) is 11.6. The Morgan fingerprint density at radius 3 is 2.84 bits per heavy atom. The minimum atomic E-state index is -0.202. The molecule has 1 aliphatic rings. The topological polar surface area (TPSA) is 41.6 Å². The van der Waals surface area contributed by atoms with Gasteiger partial charge in [0.25, 0.3) is 0 Å². The maximum absolute atomic E-state index is 12.0. The number of nitrogens with one attached hydrogen (secondary N) is 1. The van der Waals surface area contributed by atoms with Gasteiger partial charge in [-0.05, 0) is 12.5 Å². The minimum Gasteiger partial charge on any atom is -0.469 e. The number of piperazine rings is 1. The Balaban J connectivity index is 2.12. The van der Waals surface area contributed by atoms with Crippen molar-refractivity contribution in [1.82, 2.24) is 10.2 Å². The lowest BCUT2D eigenvalue weighted by molar-refractivity contribution is -0.143. The van der Waals surface area contributed by atoms with Crippen molar-refractivity contribution in [2.45, 2.75) is 18.9 Å². The van der Waals surface area contributed by atoms with E-state index in [1.165, 1.54) is 7.11 Å². The zero-order chi connectivity index (χ0) is 13.7. The Morgan fingerprint density at radius 2 is 2.21 bits per heavy atom. The molecule has 104 valence electrons. The van der Waals surface area contributed by atoms with Crippen molar-refractivity contribution in [3.63, 3.8) is 0 Å². The first kappa shape index (κ1) is 14.0. The van der Waals surface area contributed by atoms with Gasteiger partial charge in [0.05, 0.1) is 13.0 Å². The Kier molecular flexibility index (Phi) is 4.93. The lowest BCUT2D eigenvalue weighted by Crippen LogP contribution is -2.51. The molecule has 1 saturated heterocycles. The van der Waals surface area contributed by atoms with Gasteiger partial charge in [-0.3, -0.25) is 9.69 Å². The van der Waals surface area contributed by atoms with Gasteiger partial charge in [-0.25, -0.2) is 0 Å². The van der Waals surface area contributed by atoms with Crippen molar-refractivity contribution in [2.24, 2.45) is 0 Å². The van der Waals surface area contributed by atoms with Crippen LogP contribution in [0, 0.1) is 0 Å². The first-order valence-corrected chi connectivity index (χ1v) is 6.80. The molecule has 1 N–H and O–H groups in total. The predicted molar refractivity (Wildman–Crippen MR) is 75.1 cm³/mol. The van der Waals surface area contributed by atoms with Crippen molar-refractivity contribution < 1.29 is 9.53 Å². The molecule has 19 heavy (non-hydrogen) atoms. The number of nitrogens with zero attached hydrogens (tertiary/aromatic N) is 1. The normalized spacial score (nSPS) is 21.9. The summed E-state index contributed by atoms with van der Waals surface area (Å²) in [6.45, 7) is 5.84. The second kappa shape index (κ2) is 6.68. The number of benzene rings is 1. The fourth-order valence-electron chi connectivity index (χ4n) is 2.53. The molecule has 4 heteroatoms. The summed E-state index contributed by atoms with van der Waals surface area (Å²) < 4.78 is 4.96. The molecule has 0 saturated carbocycles. The first-order valence-electron chi connectivity index (χ1n) is 6.80. The van der Waals surface area contributed by atoms with E-state index < -0.39 is 0 Å². The van der Waals surface area contributed by atoms with Crippen molar-refractivity contribution in [3.05, 3.63) is 35.9 Å². The number of hydrogen-bond donors (Lipinski definition) is 1. The van der Waals surface area contributed by atoms with Crippen molar-refractivity contribution in [2.75, 3.05) is 33.3 Å². The van der Waals surface area contributed by atoms with E-state index in [1.54, 1.807) is 0 Å². The van der Waals surface area contributed by atoms with Crippen LogP contribution in [0.2, 0.25) is 0 Å². The fourth-order valence-corrected chi connectivity index (χ4v) is 2.53. The largest absolute Gasteiger partial charge is 0.469 e. The third kappa shape index (κ3) is 3.55. The molecule has 2 rings (SSSR count). The van der Waals surface area contributed by atoms with Gasteiger partial charge in [0, 0.05) is 32.2 Å². The maximum atomic E-state index is 12.0. The standard InChI is InChI=1S/C15H22N2O2/c1-12-10-16-8-9-17(12)11-14(15(18)19-2)13-6-4-3-5-7-13/h3-7,12,14,16H,8-11H2,1-2H3/t12-,14?/m0/s1. The van der Waals surface area contributed by atoms with E-state index in [4.69, 9.17) is 4.74 Å². The predicted octanol–water partition coefficient (Wildman–Crippen LogP) is 1.24. The van der Waals surface area contributed by atoms with Crippen LogP contribution in [-0.2, 0) is 9.53 Å². The Hall–Kier alpha value is -1.39. The van der Waals surface area contributed by atoms with Gasteiger partial charge >= 0.3 is 5.97 Å². The minimum absolute atomic E-state index is 0.156. The Labute approximate surface area is 114 Å². The fraction of sp³-hybridized carbons (Fsp3) is 0.533. The molecule has 0 aliphatic carbocycles. The molecule has 2 atom stereocenters. The molecule has 0 amide bonds.